The maximum Gasteiger partial charge on any atom is -0.0165 e. The Morgan fingerprint density at radius 1 is 1.08 bits per heavy atom. The average molecular weight is 162 g/mol. The van der Waals surface area contributed by atoms with Gasteiger partial charge in [0.15, 0.2) is 0 Å². The minimum Gasteiger partial charge on any atom is -0.0651 e. The molecule has 1 aromatic rings. The van der Waals surface area contributed by atoms with Gasteiger partial charge in [0.1, 0.15) is 0 Å². The van der Waals surface area contributed by atoms with E-state index < -0.39 is 0 Å². The van der Waals surface area contributed by atoms with Gasteiger partial charge < -0.3 is 0 Å². The fourth-order valence-corrected chi connectivity index (χ4v) is 1.44. The standard InChI is InChI=1S/C12H18/c1-4-10(2)11(3)12-8-6-5-7-9-12/h5-11H,4H2,1-3H3/t10-,11-/m0/s1. The van der Waals surface area contributed by atoms with Crippen molar-refractivity contribution >= 4 is 0 Å². The summed E-state index contributed by atoms with van der Waals surface area (Å²) in [6, 6.07) is 10.8. The number of hydrogen-bond donors (Lipinski definition) is 0. The predicted octanol–water partition coefficient (Wildman–Crippen LogP) is 3.84. The van der Waals surface area contributed by atoms with Crippen molar-refractivity contribution in [1.29, 1.82) is 0 Å². The smallest absolute Gasteiger partial charge is 0.0165 e. The summed E-state index contributed by atoms with van der Waals surface area (Å²) >= 11 is 0. The lowest BCUT2D eigenvalue weighted by atomic mass is 9.87. The Hall–Kier alpha value is -0.780. The first kappa shape index (κ1) is 9.31. The summed E-state index contributed by atoms with van der Waals surface area (Å²) in [6.07, 6.45) is 1.26. The van der Waals surface area contributed by atoms with Crippen LogP contribution in [0.15, 0.2) is 30.3 Å². The van der Waals surface area contributed by atoms with Crippen LogP contribution in [0.25, 0.3) is 0 Å². The van der Waals surface area contributed by atoms with Crippen LogP contribution < -0.4 is 0 Å². The van der Waals surface area contributed by atoms with Gasteiger partial charge in [0.25, 0.3) is 0 Å². The summed E-state index contributed by atoms with van der Waals surface area (Å²) in [5, 5.41) is 0. The Labute approximate surface area is 75.6 Å². The normalized spacial score (nSPS) is 15.6. The van der Waals surface area contributed by atoms with Crippen LogP contribution >= 0.6 is 0 Å². The molecule has 0 amide bonds. The molecule has 0 spiro atoms. The molecule has 0 aliphatic rings. The Balaban J connectivity index is 2.71. The summed E-state index contributed by atoms with van der Waals surface area (Å²) in [7, 11) is 0. The molecule has 0 aliphatic carbocycles. The lowest BCUT2D eigenvalue weighted by molar-refractivity contribution is 0.473. The Morgan fingerprint density at radius 2 is 1.67 bits per heavy atom. The van der Waals surface area contributed by atoms with Crippen molar-refractivity contribution in [2.24, 2.45) is 5.92 Å². The Bertz CT molecular complexity index is 213. The van der Waals surface area contributed by atoms with Gasteiger partial charge in [0.05, 0.1) is 0 Å². The molecule has 0 saturated carbocycles. The fourth-order valence-electron chi connectivity index (χ4n) is 1.44. The zero-order valence-electron chi connectivity index (χ0n) is 8.25. The summed E-state index contributed by atoms with van der Waals surface area (Å²) in [4.78, 5) is 0. The first-order valence-electron chi connectivity index (χ1n) is 4.80. The van der Waals surface area contributed by atoms with Crippen LogP contribution in [-0.4, -0.2) is 0 Å². The first-order valence-corrected chi connectivity index (χ1v) is 4.80. The molecule has 0 fully saturated rings. The highest BCUT2D eigenvalue weighted by molar-refractivity contribution is 5.19. The lowest BCUT2D eigenvalue weighted by Crippen LogP contribution is -2.04. The van der Waals surface area contributed by atoms with E-state index in [2.05, 4.69) is 51.1 Å². The van der Waals surface area contributed by atoms with Crippen LogP contribution in [0.2, 0.25) is 0 Å². The molecule has 0 saturated heterocycles. The quantitative estimate of drug-likeness (QED) is 0.633. The molecule has 0 nitrogen and oxygen atoms in total. The van der Waals surface area contributed by atoms with E-state index >= 15 is 0 Å². The third-order valence-electron chi connectivity index (χ3n) is 2.82. The third-order valence-corrected chi connectivity index (χ3v) is 2.82. The maximum atomic E-state index is 2.32. The lowest BCUT2D eigenvalue weighted by Gasteiger charge is -2.18. The van der Waals surface area contributed by atoms with Crippen molar-refractivity contribution < 1.29 is 0 Å². The molecule has 0 aliphatic heterocycles. The monoisotopic (exact) mass is 162 g/mol. The number of hydrogen-bond acceptors (Lipinski definition) is 0. The zero-order chi connectivity index (χ0) is 8.97. The minimum atomic E-state index is 0.691. The van der Waals surface area contributed by atoms with Crippen LogP contribution in [-0.2, 0) is 0 Å². The van der Waals surface area contributed by atoms with E-state index in [0.29, 0.717) is 5.92 Å². The molecule has 1 rings (SSSR count). The van der Waals surface area contributed by atoms with Crippen LogP contribution in [0.1, 0.15) is 38.7 Å². The highest BCUT2D eigenvalue weighted by atomic mass is 14.2. The summed E-state index contributed by atoms with van der Waals surface area (Å²) in [5.74, 6) is 1.48. The summed E-state index contributed by atoms with van der Waals surface area (Å²) in [6.45, 7) is 6.88. The van der Waals surface area contributed by atoms with E-state index in [0.717, 1.165) is 5.92 Å². The Kier molecular flexibility index (Phi) is 3.33. The van der Waals surface area contributed by atoms with Crippen LogP contribution in [0, 0.1) is 5.92 Å². The van der Waals surface area contributed by atoms with Crippen molar-refractivity contribution in [2.75, 3.05) is 0 Å². The van der Waals surface area contributed by atoms with Crippen molar-refractivity contribution in [3.63, 3.8) is 0 Å². The van der Waals surface area contributed by atoms with E-state index in [1.807, 2.05) is 0 Å². The van der Waals surface area contributed by atoms with E-state index in [1.165, 1.54) is 12.0 Å². The molecular weight excluding hydrogens is 144 g/mol. The average Bonchev–Trinajstić information content (AvgIpc) is 2.17. The van der Waals surface area contributed by atoms with E-state index in [9.17, 15) is 0 Å². The van der Waals surface area contributed by atoms with Crippen molar-refractivity contribution in [1.82, 2.24) is 0 Å². The van der Waals surface area contributed by atoms with Crippen molar-refractivity contribution in [2.45, 2.75) is 33.1 Å². The molecule has 0 aromatic heterocycles. The number of benzene rings is 1. The van der Waals surface area contributed by atoms with Gasteiger partial charge in [-0.3, -0.25) is 0 Å². The zero-order valence-corrected chi connectivity index (χ0v) is 8.25. The minimum absolute atomic E-state index is 0.691. The van der Waals surface area contributed by atoms with E-state index in [-0.39, 0.29) is 0 Å². The van der Waals surface area contributed by atoms with E-state index in [4.69, 9.17) is 0 Å². The third kappa shape index (κ3) is 2.10. The second-order valence-corrected chi connectivity index (χ2v) is 3.58. The highest BCUT2D eigenvalue weighted by Crippen LogP contribution is 2.25. The first-order chi connectivity index (χ1) is 5.75. The molecule has 66 valence electrons. The van der Waals surface area contributed by atoms with Crippen LogP contribution in [0.3, 0.4) is 0 Å². The van der Waals surface area contributed by atoms with Crippen LogP contribution in [0.5, 0.6) is 0 Å². The molecule has 0 radical (unpaired) electrons. The molecule has 0 unspecified atom stereocenters. The van der Waals surface area contributed by atoms with Gasteiger partial charge in [-0.1, -0.05) is 57.5 Å². The van der Waals surface area contributed by atoms with E-state index in [1.54, 1.807) is 0 Å². The van der Waals surface area contributed by atoms with Gasteiger partial charge in [-0.05, 0) is 17.4 Å². The molecule has 0 heterocycles. The molecule has 12 heavy (non-hydrogen) atoms. The predicted molar refractivity (Wildman–Crippen MR) is 54.3 cm³/mol. The SMILES string of the molecule is CC[C@H](C)[C@H](C)c1ccccc1. The second-order valence-electron chi connectivity index (χ2n) is 3.58. The highest BCUT2D eigenvalue weighted by Gasteiger charge is 2.10. The van der Waals surface area contributed by atoms with Gasteiger partial charge in [0.2, 0.25) is 0 Å². The van der Waals surface area contributed by atoms with Crippen molar-refractivity contribution in [3.05, 3.63) is 35.9 Å². The molecule has 0 bridgehead atoms. The fraction of sp³-hybridized carbons (Fsp3) is 0.500. The summed E-state index contributed by atoms with van der Waals surface area (Å²) < 4.78 is 0. The molecular formula is C12H18. The van der Waals surface area contributed by atoms with Gasteiger partial charge >= 0.3 is 0 Å². The second kappa shape index (κ2) is 4.30. The van der Waals surface area contributed by atoms with Gasteiger partial charge in [-0.25, -0.2) is 0 Å². The topological polar surface area (TPSA) is 0 Å². The number of rotatable bonds is 3. The largest absolute Gasteiger partial charge is 0.0651 e. The van der Waals surface area contributed by atoms with Gasteiger partial charge in [-0.2, -0.15) is 0 Å². The van der Waals surface area contributed by atoms with Gasteiger partial charge in [-0.15, -0.1) is 0 Å². The van der Waals surface area contributed by atoms with Crippen LogP contribution in [0.4, 0.5) is 0 Å². The molecule has 2 atom stereocenters. The Morgan fingerprint density at radius 3 is 2.17 bits per heavy atom. The molecule has 1 aromatic carbocycles. The van der Waals surface area contributed by atoms with Crippen molar-refractivity contribution in [3.8, 4) is 0 Å². The maximum absolute atomic E-state index is 2.32. The molecule has 0 heteroatoms. The molecule has 0 N–H and O–H groups in total. The summed E-state index contributed by atoms with van der Waals surface area (Å²) in [5.41, 5.74) is 1.46. The van der Waals surface area contributed by atoms with Gasteiger partial charge in [0, 0.05) is 0 Å².